The van der Waals surface area contributed by atoms with E-state index in [-0.39, 0.29) is 0 Å². The minimum atomic E-state index is 0.543. The van der Waals surface area contributed by atoms with E-state index >= 15 is 0 Å². The number of hydrogen-bond donors (Lipinski definition) is 0. The van der Waals surface area contributed by atoms with Gasteiger partial charge in [-0.15, -0.1) is 0 Å². The van der Waals surface area contributed by atoms with Gasteiger partial charge < -0.3 is 0 Å². The van der Waals surface area contributed by atoms with Gasteiger partial charge in [0.25, 0.3) is 0 Å². The molecule has 0 aliphatic heterocycles. The van der Waals surface area contributed by atoms with Gasteiger partial charge in [-0.1, -0.05) is 49.0 Å². The summed E-state index contributed by atoms with van der Waals surface area (Å²) in [6, 6.07) is 0. The minimum Gasteiger partial charge on any atom is -0.0995 e. The van der Waals surface area contributed by atoms with Crippen LogP contribution >= 0.6 is 0 Å². The second-order valence-corrected chi connectivity index (χ2v) is 3.98. The molecule has 0 nitrogen and oxygen atoms in total. The Bertz CT molecular complexity index is 300. The summed E-state index contributed by atoms with van der Waals surface area (Å²) in [5, 5.41) is 0. The molecule has 76 valence electrons. The van der Waals surface area contributed by atoms with Crippen LogP contribution in [0.15, 0.2) is 47.6 Å². The van der Waals surface area contributed by atoms with E-state index in [1.165, 1.54) is 16.7 Å². The third kappa shape index (κ3) is 2.73. The molecule has 0 heterocycles. The fourth-order valence-corrected chi connectivity index (χ4v) is 1.78. The fraction of sp³-hybridized carbons (Fsp3) is 0.429. The summed E-state index contributed by atoms with van der Waals surface area (Å²) in [5.41, 5.74) is 4.14. The zero-order chi connectivity index (χ0) is 10.6. The van der Waals surface area contributed by atoms with Gasteiger partial charge in [-0.3, -0.25) is 0 Å². The second kappa shape index (κ2) is 4.99. The quantitative estimate of drug-likeness (QED) is 0.575. The second-order valence-electron chi connectivity index (χ2n) is 3.98. The number of allylic oxidation sites excluding steroid dienone is 7. The molecule has 0 radical (unpaired) electrons. The lowest BCUT2D eigenvalue weighted by Gasteiger charge is -2.20. The van der Waals surface area contributed by atoms with Crippen LogP contribution in [0.5, 0.6) is 0 Å². The standard InChI is InChI=1S/C14H20/c1-5-7-13-8-12(6-2)9-14(10-13)11(3)4/h5,7-8,10,14H,3,6,9H2,1-2,4H3. The summed E-state index contributed by atoms with van der Waals surface area (Å²) in [4.78, 5) is 0. The van der Waals surface area contributed by atoms with Gasteiger partial charge in [-0.2, -0.15) is 0 Å². The summed E-state index contributed by atoms with van der Waals surface area (Å²) < 4.78 is 0. The average molecular weight is 188 g/mol. The van der Waals surface area contributed by atoms with Crippen LogP contribution in [0.25, 0.3) is 0 Å². The molecule has 1 aliphatic carbocycles. The Hall–Kier alpha value is -1.04. The Morgan fingerprint density at radius 3 is 2.86 bits per heavy atom. The van der Waals surface area contributed by atoms with E-state index < -0.39 is 0 Å². The van der Waals surface area contributed by atoms with Crippen molar-refractivity contribution in [3.8, 4) is 0 Å². The van der Waals surface area contributed by atoms with Crippen molar-refractivity contribution in [2.45, 2.75) is 33.6 Å². The van der Waals surface area contributed by atoms with Crippen LogP contribution < -0.4 is 0 Å². The lowest BCUT2D eigenvalue weighted by atomic mass is 9.85. The predicted octanol–water partition coefficient (Wildman–Crippen LogP) is 4.42. The number of hydrogen-bond acceptors (Lipinski definition) is 0. The molecule has 14 heavy (non-hydrogen) atoms. The molecule has 1 aliphatic rings. The minimum absolute atomic E-state index is 0.543. The maximum atomic E-state index is 4.05. The van der Waals surface area contributed by atoms with Crippen molar-refractivity contribution in [2.75, 3.05) is 0 Å². The Morgan fingerprint density at radius 1 is 1.64 bits per heavy atom. The van der Waals surface area contributed by atoms with Crippen molar-refractivity contribution in [2.24, 2.45) is 5.92 Å². The van der Waals surface area contributed by atoms with Gasteiger partial charge in [-0.05, 0) is 32.3 Å². The monoisotopic (exact) mass is 188 g/mol. The maximum Gasteiger partial charge on any atom is 0.00175 e. The van der Waals surface area contributed by atoms with E-state index in [2.05, 4.69) is 51.7 Å². The normalized spacial score (nSPS) is 22.1. The molecule has 0 saturated heterocycles. The molecular formula is C14H20. The molecule has 0 aromatic rings. The topological polar surface area (TPSA) is 0 Å². The SMILES string of the molecule is C=C(C)C1C=C(C=CC)C=C(CC)C1. The molecule has 0 aromatic carbocycles. The smallest absolute Gasteiger partial charge is 0.00175 e. The summed E-state index contributed by atoms with van der Waals surface area (Å²) in [5.74, 6) is 0.543. The van der Waals surface area contributed by atoms with E-state index in [1.54, 1.807) is 0 Å². The van der Waals surface area contributed by atoms with Crippen LogP contribution in [-0.2, 0) is 0 Å². The van der Waals surface area contributed by atoms with Crippen molar-refractivity contribution in [1.29, 1.82) is 0 Å². The van der Waals surface area contributed by atoms with Crippen LogP contribution in [0, 0.1) is 5.92 Å². The Kier molecular flexibility index (Phi) is 3.94. The van der Waals surface area contributed by atoms with Gasteiger partial charge in [-0.25, -0.2) is 0 Å². The van der Waals surface area contributed by atoms with Crippen LogP contribution in [0.3, 0.4) is 0 Å². The summed E-state index contributed by atoms with van der Waals surface area (Å²) in [6.45, 7) is 10.4. The van der Waals surface area contributed by atoms with Crippen LogP contribution in [0.4, 0.5) is 0 Å². The highest BCUT2D eigenvalue weighted by atomic mass is 14.2. The number of rotatable bonds is 3. The van der Waals surface area contributed by atoms with Crippen LogP contribution in [0.1, 0.15) is 33.6 Å². The average Bonchev–Trinajstić information content (AvgIpc) is 2.17. The lowest BCUT2D eigenvalue weighted by Crippen LogP contribution is -2.05. The van der Waals surface area contributed by atoms with Crippen molar-refractivity contribution in [3.63, 3.8) is 0 Å². The van der Waals surface area contributed by atoms with Gasteiger partial charge in [0.1, 0.15) is 0 Å². The van der Waals surface area contributed by atoms with E-state index in [4.69, 9.17) is 0 Å². The molecule has 0 bridgehead atoms. The molecule has 0 fully saturated rings. The lowest BCUT2D eigenvalue weighted by molar-refractivity contribution is 0.713. The van der Waals surface area contributed by atoms with Crippen molar-refractivity contribution in [1.82, 2.24) is 0 Å². The van der Waals surface area contributed by atoms with Crippen LogP contribution in [0.2, 0.25) is 0 Å². The fourth-order valence-electron chi connectivity index (χ4n) is 1.78. The van der Waals surface area contributed by atoms with E-state index in [9.17, 15) is 0 Å². The van der Waals surface area contributed by atoms with Crippen LogP contribution in [-0.4, -0.2) is 0 Å². The third-order valence-electron chi connectivity index (χ3n) is 2.69. The first-order chi connectivity index (χ1) is 6.67. The molecule has 1 atom stereocenters. The van der Waals surface area contributed by atoms with Crippen molar-refractivity contribution in [3.05, 3.63) is 47.6 Å². The molecule has 0 saturated carbocycles. The van der Waals surface area contributed by atoms with Gasteiger partial charge in [0, 0.05) is 5.92 Å². The van der Waals surface area contributed by atoms with Gasteiger partial charge in [0.2, 0.25) is 0 Å². The summed E-state index contributed by atoms with van der Waals surface area (Å²) >= 11 is 0. The predicted molar refractivity (Wildman–Crippen MR) is 64.2 cm³/mol. The highest BCUT2D eigenvalue weighted by molar-refractivity contribution is 5.39. The molecule has 0 N–H and O–H groups in total. The maximum absolute atomic E-state index is 4.05. The summed E-state index contributed by atoms with van der Waals surface area (Å²) in [7, 11) is 0. The Balaban J connectivity index is 2.90. The Labute approximate surface area is 87.7 Å². The first-order valence-corrected chi connectivity index (χ1v) is 5.36. The largest absolute Gasteiger partial charge is 0.0995 e. The molecule has 0 aromatic heterocycles. The Morgan fingerprint density at radius 2 is 2.36 bits per heavy atom. The van der Waals surface area contributed by atoms with Gasteiger partial charge >= 0.3 is 0 Å². The van der Waals surface area contributed by atoms with Gasteiger partial charge in [0.05, 0.1) is 0 Å². The molecule has 0 spiro atoms. The van der Waals surface area contributed by atoms with E-state index in [1.807, 2.05) is 0 Å². The third-order valence-corrected chi connectivity index (χ3v) is 2.69. The van der Waals surface area contributed by atoms with E-state index in [0.717, 1.165) is 12.8 Å². The first-order valence-electron chi connectivity index (χ1n) is 5.36. The highest BCUT2D eigenvalue weighted by Crippen LogP contribution is 2.29. The van der Waals surface area contributed by atoms with Crippen molar-refractivity contribution >= 4 is 0 Å². The zero-order valence-corrected chi connectivity index (χ0v) is 9.51. The molecular weight excluding hydrogens is 168 g/mol. The first kappa shape index (κ1) is 11.0. The highest BCUT2D eigenvalue weighted by Gasteiger charge is 2.13. The zero-order valence-electron chi connectivity index (χ0n) is 9.51. The van der Waals surface area contributed by atoms with E-state index in [0.29, 0.717) is 5.92 Å². The molecule has 0 heteroatoms. The molecule has 1 unspecified atom stereocenters. The van der Waals surface area contributed by atoms with Crippen molar-refractivity contribution < 1.29 is 0 Å². The molecule has 0 amide bonds. The van der Waals surface area contributed by atoms with Gasteiger partial charge in [0.15, 0.2) is 0 Å². The molecule has 1 rings (SSSR count). The summed E-state index contributed by atoms with van der Waals surface area (Å²) in [6.07, 6.45) is 11.2.